The number of hydrogen-bond acceptors (Lipinski definition) is 5. The van der Waals surface area contributed by atoms with Crippen LogP contribution in [0, 0.1) is 0 Å². The molecule has 1 amide bonds. The van der Waals surface area contributed by atoms with Gasteiger partial charge in [0.2, 0.25) is 0 Å². The van der Waals surface area contributed by atoms with Gasteiger partial charge in [0, 0.05) is 6.54 Å². The Bertz CT molecular complexity index is 303. The van der Waals surface area contributed by atoms with Gasteiger partial charge in [-0.25, -0.2) is 14.0 Å². The molecule has 0 spiro atoms. The highest BCUT2D eigenvalue weighted by Crippen LogP contribution is 2.52. The first-order valence-electron chi connectivity index (χ1n) is 6.10. The van der Waals surface area contributed by atoms with E-state index in [9.17, 15) is 9.36 Å². The zero-order chi connectivity index (χ0) is 14.4. The van der Waals surface area contributed by atoms with Gasteiger partial charge in [-0.15, -0.1) is 0 Å². The Hall–Kier alpha value is -0.580. The summed E-state index contributed by atoms with van der Waals surface area (Å²) >= 11 is 0. The first kappa shape index (κ1) is 17.4. The summed E-state index contributed by atoms with van der Waals surface area (Å²) in [5.74, 6) is 0. The van der Waals surface area contributed by atoms with Crippen molar-refractivity contribution in [2.45, 2.75) is 47.1 Å². The highest BCUT2D eigenvalue weighted by atomic mass is 31.2. The van der Waals surface area contributed by atoms with Crippen molar-refractivity contribution in [2.75, 3.05) is 19.8 Å². The fraction of sp³-hybridized carbons (Fsp3) is 0.909. The fourth-order valence-corrected chi connectivity index (χ4v) is 2.81. The van der Waals surface area contributed by atoms with Crippen LogP contribution in [0.15, 0.2) is 0 Å². The predicted octanol–water partition coefficient (Wildman–Crippen LogP) is 3.42. The summed E-state index contributed by atoms with van der Waals surface area (Å²) in [7, 11) is -3.61. The standard InChI is InChI=1S/C11H24NO5P/c1-7-12(10(13)17-11(4,5)6)18(14,15-8-2)16-9-3/h7-9H2,1-6H3. The van der Waals surface area contributed by atoms with Gasteiger partial charge in [0.1, 0.15) is 5.60 Å². The largest absolute Gasteiger partial charge is 0.443 e. The second-order valence-corrected chi connectivity index (χ2v) is 6.44. The number of rotatable bonds is 6. The predicted molar refractivity (Wildman–Crippen MR) is 69.5 cm³/mol. The molecule has 0 bridgehead atoms. The Balaban J connectivity index is 5.01. The van der Waals surface area contributed by atoms with Gasteiger partial charge < -0.3 is 4.74 Å². The van der Waals surface area contributed by atoms with Gasteiger partial charge in [0.25, 0.3) is 0 Å². The second kappa shape index (κ2) is 7.12. The fourth-order valence-electron chi connectivity index (χ4n) is 1.22. The molecule has 0 aromatic rings. The van der Waals surface area contributed by atoms with E-state index in [1.165, 1.54) is 0 Å². The molecule has 0 saturated carbocycles. The third kappa shape index (κ3) is 5.38. The van der Waals surface area contributed by atoms with Crippen LogP contribution < -0.4 is 0 Å². The van der Waals surface area contributed by atoms with Crippen molar-refractivity contribution < 1.29 is 23.1 Å². The molecule has 7 heteroatoms. The summed E-state index contributed by atoms with van der Waals surface area (Å²) in [6.07, 6.45) is -0.699. The van der Waals surface area contributed by atoms with Crippen molar-refractivity contribution >= 4 is 13.8 Å². The lowest BCUT2D eigenvalue weighted by Crippen LogP contribution is -2.35. The van der Waals surface area contributed by atoms with Crippen molar-refractivity contribution in [1.82, 2.24) is 4.67 Å². The average molecular weight is 281 g/mol. The van der Waals surface area contributed by atoms with Crippen molar-refractivity contribution in [3.63, 3.8) is 0 Å². The molecule has 0 aromatic heterocycles. The third-order valence-electron chi connectivity index (χ3n) is 1.78. The number of ether oxygens (including phenoxy) is 1. The zero-order valence-corrected chi connectivity index (χ0v) is 13.0. The summed E-state index contributed by atoms with van der Waals surface area (Å²) in [6.45, 7) is 10.9. The van der Waals surface area contributed by atoms with Crippen molar-refractivity contribution in [3.8, 4) is 0 Å². The first-order valence-corrected chi connectivity index (χ1v) is 7.59. The minimum Gasteiger partial charge on any atom is -0.443 e. The third-order valence-corrected chi connectivity index (χ3v) is 3.99. The number of amides is 1. The monoisotopic (exact) mass is 281 g/mol. The molecule has 0 atom stereocenters. The van der Waals surface area contributed by atoms with Gasteiger partial charge in [-0.05, 0) is 41.5 Å². The van der Waals surface area contributed by atoms with Gasteiger partial charge in [-0.3, -0.25) is 9.05 Å². The zero-order valence-electron chi connectivity index (χ0n) is 12.1. The molecule has 0 saturated heterocycles. The first-order chi connectivity index (χ1) is 8.20. The topological polar surface area (TPSA) is 65.1 Å². The van der Waals surface area contributed by atoms with Gasteiger partial charge in [-0.2, -0.15) is 0 Å². The summed E-state index contributed by atoms with van der Waals surface area (Å²) in [6, 6.07) is 0. The highest BCUT2D eigenvalue weighted by molar-refractivity contribution is 7.52. The van der Waals surface area contributed by atoms with E-state index in [-0.39, 0.29) is 19.8 Å². The van der Waals surface area contributed by atoms with E-state index in [0.717, 1.165) is 4.67 Å². The van der Waals surface area contributed by atoms with Gasteiger partial charge in [0.05, 0.1) is 13.2 Å². The Morgan fingerprint density at radius 1 is 1.11 bits per heavy atom. The number of carbonyl (C=O) groups excluding carboxylic acids is 1. The van der Waals surface area contributed by atoms with Gasteiger partial charge >= 0.3 is 13.8 Å². The summed E-state index contributed by atoms with van der Waals surface area (Å²) in [5.41, 5.74) is -0.659. The van der Waals surface area contributed by atoms with Crippen LogP contribution in [-0.2, 0) is 18.3 Å². The Morgan fingerprint density at radius 3 is 1.83 bits per heavy atom. The molecule has 0 radical (unpaired) electrons. The molecule has 0 aliphatic rings. The van der Waals surface area contributed by atoms with E-state index in [4.69, 9.17) is 13.8 Å². The van der Waals surface area contributed by atoms with Crippen molar-refractivity contribution in [1.29, 1.82) is 0 Å². The SMILES string of the molecule is CCOP(=O)(OCC)N(CC)C(=O)OC(C)(C)C. The molecule has 0 heterocycles. The highest BCUT2D eigenvalue weighted by Gasteiger charge is 2.38. The van der Waals surface area contributed by atoms with E-state index in [1.54, 1.807) is 41.5 Å². The maximum absolute atomic E-state index is 12.5. The summed E-state index contributed by atoms with van der Waals surface area (Å²) < 4.78 is 28.9. The normalized spacial score (nSPS) is 12.3. The van der Waals surface area contributed by atoms with Crippen LogP contribution in [-0.4, -0.2) is 36.1 Å². The van der Waals surface area contributed by atoms with Gasteiger partial charge in [0.15, 0.2) is 0 Å². The Morgan fingerprint density at radius 2 is 1.56 bits per heavy atom. The van der Waals surface area contributed by atoms with Crippen LogP contribution in [0.1, 0.15) is 41.5 Å². The molecule has 0 unspecified atom stereocenters. The Kier molecular flexibility index (Phi) is 6.89. The molecule has 0 rings (SSSR count). The van der Waals surface area contributed by atoms with E-state index >= 15 is 0 Å². The van der Waals surface area contributed by atoms with E-state index in [2.05, 4.69) is 0 Å². The summed E-state index contributed by atoms with van der Waals surface area (Å²) in [5, 5.41) is 0. The summed E-state index contributed by atoms with van der Waals surface area (Å²) in [4.78, 5) is 12.0. The minimum atomic E-state index is -3.61. The second-order valence-electron chi connectivity index (χ2n) is 4.50. The maximum Gasteiger partial charge on any atom is 0.440 e. The lowest BCUT2D eigenvalue weighted by molar-refractivity contribution is 0.0327. The number of hydrogen-bond donors (Lipinski definition) is 0. The molecular formula is C11H24NO5P. The maximum atomic E-state index is 12.5. The molecule has 0 N–H and O–H groups in total. The van der Waals surface area contributed by atoms with Crippen molar-refractivity contribution in [2.24, 2.45) is 0 Å². The van der Waals surface area contributed by atoms with Crippen LogP contribution >= 0.6 is 7.75 Å². The average Bonchev–Trinajstić information content (AvgIpc) is 2.15. The molecular weight excluding hydrogens is 257 g/mol. The molecule has 0 aliphatic heterocycles. The van der Waals surface area contributed by atoms with Crippen LogP contribution in [0.5, 0.6) is 0 Å². The molecule has 108 valence electrons. The van der Waals surface area contributed by atoms with Gasteiger partial charge in [-0.1, -0.05) is 0 Å². The molecule has 0 aliphatic carbocycles. The van der Waals surface area contributed by atoms with Crippen molar-refractivity contribution in [3.05, 3.63) is 0 Å². The smallest absolute Gasteiger partial charge is 0.440 e. The van der Waals surface area contributed by atoms with Crippen LogP contribution in [0.3, 0.4) is 0 Å². The van der Waals surface area contributed by atoms with E-state index in [1.807, 2.05) is 0 Å². The van der Waals surface area contributed by atoms with Crippen LogP contribution in [0.25, 0.3) is 0 Å². The van der Waals surface area contributed by atoms with E-state index in [0.29, 0.717) is 0 Å². The lowest BCUT2D eigenvalue weighted by Gasteiger charge is -2.30. The quantitative estimate of drug-likeness (QED) is 0.698. The Labute approximate surface area is 109 Å². The molecule has 18 heavy (non-hydrogen) atoms. The van der Waals surface area contributed by atoms with E-state index < -0.39 is 19.4 Å². The molecule has 0 aromatic carbocycles. The molecule has 6 nitrogen and oxygen atoms in total. The minimum absolute atomic E-state index is 0.187. The lowest BCUT2D eigenvalue weighted by atomic mass is 10.2. The van der Waals surface area contributed by atoms with Crippen LogP contribution in [0.2, 0.25) is 0 Å². The number of nitrogens with zero attached hydrogens (tertiary/aromatic N) is 1. The number of carbonyl (C=O) groups is 1. The molecule has 0 fully saturated rings. The van der Waals surface area contributed by atoms with Crippen LogP contribution in [0.4, 0.5) is 4.79 Å².